The molecular weight excluding hydrogens is 273 g/mol. The summed E-state index contributed by atoms with van der Waals surface area (Å²) in [5.74, 6) is -0.504. The molecule has 106 valence electrons. The van der Waals surface area contributed by atoms with E-state index in [-0.39, 0.29) is 16.6 Å². The first-order valence-corrected chi connectivity index (χ1v) is 7.42. The summed E-state index contributed by atoms with van der Waals surface area (Å²) >= 11 is 0. The molecule has 0 saturated carbocycles. The predicted molar refractivity (Wildman–Crippen MR) is 67.1 cm³/mol. The number of hydrogen-bond donors (Lipinski definition) is 1. The van der Waals surface area contributed by atoms with Crippen LogP contribution in [0.4, 0.5) is 4.39 Å². The number of methoxy groups -OCH3 is 1. The SMILES string of the molecule is COc1ccc(S(=O)(=O)NC[C@@H]2CCOC2)cc1F. The Labute approximate surface area is 111 Å². The van der Waals surface area contributed by atoms with E-state index in [0.29, 0.717) is 19.8 Å². The molecule has 1 aliphatic heterocycles. The molecule has 7 heteroatoms. The lowest BCUT2D eigenvalue weighted by atomic mass is 10.1. The quantitative estimate of drug-likeness (QED) is 0.883. The molecule has 0 amide bonds. The van der Waals surface area contributed by atoms with Crippen LogP contribution < -0.4 is 9.46 Å². The Kier molecular flexibility index (Phi) is 4.38. The van der Waals surface area contributed by atoms with Gasteiger partial charge in [0.25, 0.3) is 0 Å². The standard InChI is InChI=1S/C12H16FNO4S/c1-17-12-3-2-10(6-11(12)13)19(15,16)14-7-9-4-5-18-8-9/h2-3,6,9,14H,4-5,7-8H2,1H3/t9-/m0/s1. The minimum Gasteiger partial charge on any atom is -0.494 e. The normalized spacial score (nSPS) is 19.6. The number of nitrogens with one attached hydrogen (secondary N) is 1. The minimum atomic E-state index is -3.70. The Morgan fingerprint density at radius 3 is 2.89 bits per heavy atom. The molecule has 1 heterocycles. The van der Waals surface area contributed by atoms with Crippen LogP contribution in [0.25, 0.3) is 0 Å². The van der Waals surface area contributed by atoms with Crippen molar-refractivity contribution in [3.63, 3.8) is 0 Å². The van der Waals surface area contributed by atoms with Crippen LogP contribution in [0.2, 0.25) is 0 Å². The van der Waals surface area contributed by atoms with Crippen molar-refractivity contribution in [2.45, 2.75) is 11.3 Å². The number of halogens is 1. The Morgan fingerprint density at radius 1 is 1.53 bits per heavy atom. The van der Waals surface area contributed by atoms with Crippen molar-refractivity contribution >= 4 is 10.0 Å². The lowest BCUT2D eigenvalue weighted by molar-refractivity contribution is 0.186. The van der Waals surface area contributed by atoms with Gasteiger partial charge in [0.05, 0.1) is 18.6 Å². The van der Waals surface area contributed by atoms with Crippen LogP contribution in [0.1, 0.15) is 6.42 Å². The number of ether oxygens (including phenoxy) is 2. The Morgan fingerprint density at radius 2 is 2.32 bits per heavy atom. The molecule has 1 atom stereocenters. The van der Waals surface area contributed by atoms with Gasteiger partial charge in [-0.15, -0.1) is 0 Å². The van der Waals surface area contributed by atoms with E-state index in [0.717, 1.165) is 12.5 Å². The molecule has 0 spiro atoms. The number of benzene rings is 1. The van der Waals surface area contributed by atoms with Crippen LogP contribution in [-0.2, 0) is 14.8 Å². The molecule has 5 nitrogen and oxygen atoms in total. The molecule has 1 fully saturated rings. The van der Waals surface area contributed by atoms with Gasteiger partial charge in [0, 0.05) is 13.2 Å². The Balaban J connectivity index is 2.08. The van der Waals surface area contributed by atoms with Crippen molar-refractivity contribution in [1.29, 1.82) is 0 Å². The fraction of sp³-hybridized carbons (Fsp3) is 0.500. The molecule has 0 radical (unpaired) electrons. The summed E-state index contributed by atoms with van der Waals surface area (Å²) in [6.45, 7) is 1.51. The largest absolute Gasteiger partial charge is 0.494 e. The highest BCUT2D eigenvalue weighted by Gasteiger charge is 2.21. The zero-order valence-corrected chi connectivity index (χ0v) is 11.4. The second kappa shape index (κ2) is 5.85. The first-order valence-electron chi connectivity index (χ1n) is 5.94. The number of sulfonamides is 1. The van der Waals surface area contributed by atoms with Crippen LogP contribution in [0.15, 0.2) is 23.1 Å². The van der Waals surface area contributed by atoms with E-state index in [9.17, 15) is 12.8 Å². The average molecular weight is 289 g/mol. The molecule has 1 saturated heterocycles. The maximum absolute atomic E-state index is 13.5. The van der Waals surface area contributed by atoms with Crippen LogP contribution in [0.3, 0.4) is 0 Å². The molecule has 19 heavy (non-hydrogen) atoms. The summed E-state index contributed by atoms with van der Waals surface area (Å²) in [5, 5.41) is 0. The molecule has 0 aromatic heterocycles. The Bertz CT molecular complexity index is 541. The van der Waals surface area contributed by atoms with Crippen molar-refractivity contribution in [3.8, 4) is 5.75 Å². The summed E-state index contributed by atoms with van der Waals surface area (Å²) in [6, 6.07) is 3.56. The first-order chi connectivity index (χ1) is 9.03. The summed E-state index contributed by atoms with van der Waals surface area (Å²) in [7, 11) is -2.37. The van der Waals surface area contributed by atoms with Gasteiger partial charge in [0.2, 0.25) is 10.0 Å². The lowest BCUT2D eigenvalue weighted by Crippen LogP contribution is -2.29. The van der Waals surface area contributed by atoms with E-state index in [1.165, 1.54) is 19.2 Å². The zero-order valence-electron chi connectivity index (χ0n) is 10.6. The number of hydrogen-bond acceptors (Lipinski definition) is 4. The summed E-state index contributed by atoms with van der Waals surface area (Å²) in [5.41, 5.74) is 0. The molecule has 1 aromatic carbocycles. The van der Waals surface area contributed by atoms with Crippen molar-refractivity contribution in [2.75, 3.05) is 26.9 Å². The second-order valence-corrected chi connectivity index (χ2v) is 6.14. The van der Waals surface area contributed by atoms with E-state index in [2.05, 4.69) is 4.72 Å². The molecule has 0 unspecified atom stereocenters. The van der Waals surface area contributed by atoms with Gasteiger partial charge < -0.3 is 9.47 Å². The van der Waals surface area contributed by atoms with Crippen molar-refractivity contribution < 1.29 is 22.3 Å². The van der Waals surface area contributed by atoms with Crippen molar-refractivity contribution in [3.05, 3.63) is 24.0 Å². The molecule has 1 N–H and O–H groups in total. The highest BCUT2D eigenvalue weighted by molar-refractivity contribution is 7.89. The van der Waals surface area contributed by atoms with E-state index in [1.54, 1.807) is 0 Å². The zero-order chi connectivity index (χ0) is 13.9. The molecular formula is C12H16FNO4S. The first kappa shape index (κ1) is 14.2. The van der Waals surface area contributed by atoms with Crippen LogP contribution in [0, 0.1) is 11.7 Å². The highest BCUT2D eigenvalue weighted by Crippen LogP contribution is 2.21. The Hall–Kier alpha value is -1.18. The highest BCUT2D eigenvalue weighted by atomic mass is 32.2. The van der Waals surface area contributed by atoms with Crippen LogP contribution in [-0.4, -0.2) is 35.3 Å². The minimum absolute atomic E-state index is 0.0168. The smallest absolute Gasteiger partial charge is 0.240 e. The molecule has 0 aliphatic carbocycles. The van der Waals surface area contributed by atoms with Crippen molar-refractivity contribution in [1.82, 2.24) is 4.72 Å². The second-order valence-electron chi connectivity index (χ2n) is 4.38. The summed E-state index contributed by atoms with van der Waals surface area (Å²) < 4.78 is 49.8. The topological polar surface area (TPSA) is 64.6 Å². The third-order valence-corrected chi connectivity index (χ3v) is 4.44. The van der Waals surface area contributed by atoms with Crippen LogP contribution in [0.5, 0.6) is 5.75 Å². The third kappa shape index (κ3) is 3.43. The summed E-state index contributed by atoms with van der Waals surface area (Å²) in [4.78, 5) is -0.107. The predicted octanol–water partition coefficient (Wildman–Crippen LogP) is 1.15. The van der Waals surface area contributed by atoms with E-state index >= 15 is 0 Å². The van der Waals surface area contributed by atoms with Gasteiger partial charge in [-0.05, 0) is 30.5 Å². The number of rotatable bonds is 5. The maximum Gasteiger partial charge on any atom is 0.240 e. The van der Waals surface area contributed by atoms with E-state index in [1.807, 2.05) is 0 Å². The van der Waals surface area contributed by atoms with Crippen LogP contribution >= 0.6 is 0 Å². The third-order valence-electron chi connectivity index (χ3n) is 3.02. The monoisotopic (exact) mass is 289 g/mol. The van der Waals surface area contributed by atoms with Gasteiger partial charge in [-0.25, -0.2) is 17.5 Å². The molecule has 2 rings (SSSR count). The maximum atomic E-state index is 13.5. The fourth-order valence-electron chi connectivity index (χ4n) is 1.87. The van der Waals surface area contributed by atoms with Gasteiger partial charge in [-0.3, -0.25) is 0 Å². The van der Waals surface area contributed by atoms with Gasteiger partial charge in [-0.1, -0.05) is 0 Å². The fourth-order valence-corrected chi connectivity index (χ4v) is 3.00. The lowest BCUT2D eigenvalue weighted by Gasteiger charge is -2.11. The summed E-state index contributed by atoms with van der Waals surface area (Å²) in [6.07, 6.45) is 0.833. The molecule has 0 bridgehead atoms. The molecule has 1 aliphatic rings. The van der Waals surface area contributed by atoms with Gasteiger partial charge >= 0.3 is 0 Å². The average Bonchev–Trinajstić information content (AvgIpc) is 2.89. The van der Waals surface area contributed by atoms with Gasteiger partial charge in [-0.2, -0.15) is 0 Å². The van der Waals surface area contributed by atoms with Gasteiger partial charge in [0.1, 0.15) is 0 Å². The van der Waals surface area contributed by atoms with Crippen molar-refractivity contribution in [2.24, 2.45) is 5.92 Å². The van der Waals surface area contributed by atoms with Gasteiger partial charge in [0.15, 0.2) is 11.6 Å². The van der Waals surface area contributed by atoms with E-state index < -0.39 is 15.8 Å². The van der Waals surface area contributed by atoms with E-state index in [4.69, 9.17) is 9.47 Å². The molecule has 1 aromatic rings.